The van der Waals surface area contributed by atoms with Gasteiger partial charge in [0.2, 0.25) is 5.91 Å². The summed E-state index contributed by atoms with van der Waals surface area (Å²) in [7, 11) is 0. The van der Waals surface area contributed by atoms with Crippen molar-refractivity contribution in [3.05, 3.63) is 35.6 Å². The van der Waals surface area contributed by atoms with E-state index in [4.69, 9.17) is 5.11 Å². The molecule has 1 aromatic carbocycles. The summed E-state index contributed by atoms with van der Waals surface area (Å²) in [6.07, 6.45) is 3.45. The molecule has 1 aromatic rings. The summed E-state index contributed by atoms with van der Waals surface area (Å²) in [5, 5.41) is 11.7. The monoisotopic (exact) mass is 307 g/mol. The highest BCUT2D eigenvalue weighted by Gasteiger charge is 2.30. The molecule has 1 amide bonds. The quantitative estimate of drug-likeness (QED) is 0.776. The van der Waals surface area contributed by atoms with Crippen molar-refractivity contribution in [3.63, 3.8) is 0 Å². The Labute approximate surface area is 129 Å². The van der Waals surface area contributed by atoms with Crippen LogP contribution in [0.2, 0.25) is 0 Å². The van der Waals surface area contributed by atoms with Gasteiger partial charge in [-0.2, -0.15) is 0 Å². The third-order valence-corrected chi connectivity index (χ3v) is 3.91. The summed E-state index contributed by atoms with van der Waals surface area (Å²) in [6.45, 7) is 1.90. The van der Waals surface area contributed by atoms with Crippen molar-refractivity contribution in [3.8, 4) is 0 Å². The molecule has 0 heterocycles. The normalized spacial score (nSPS) is 16.8. The molecule has 4 nitrogen and oxygen atoms in total. The van der Waals surface area contributed by atoms with Crippen LogP contribution in [0, 0.1) is 17.7 Å². The van der Waals surface area contributed by atoms with Gasteiger partial charge in [0.15, 0.2) is 0 Å². The fraction of sp³-hybridized carbons (Fsp3) is 0.529. The average Bonchev–Trinajstić information content (AvgIpc) is 3.21. The Morgan fingerprint density at radius 3 is 2.73 bits per heavy atom. The summed E-state index contributed by atoms with van der Waals surface area (Å²) in [5.74, 6) is -1.05. The lowest BCUT2D eigenvalue weighted by Gasteiger charge is -2.16. The number of amides is 1. The van der Waals surface area contributed by atoms with Gasteiger partial charge in [-0.1, -0.05) is 31.9 Å². The summed E-state index contributed by atoms with van der Waals surface area (Å²) in [6, 6.07) is 5.53. The van der Waals surface area contributed by atoms with Gasteiger partial charge in [0.25, 0.3) is 0 Å². The number of rotatable bonds is 8. The third-order valence-electron chi connectivity index (χ3n) is 3.91. The van der Waals surface area contributed by atoms with Crippen molar-refractivity contribution < 1.29 is 19.1 Å². The van der Waals surface area contributed by atoms with Crippen LogP contribution in [0.1, 0.15) is 38.2 Å². The summed E-state index contributed by atoms with van der Waals surface area (Å²) < 4.78 is 13.1. The molecule has 2 N–H and O–H groups in total. The number of hydrogen-bond donors (Lipinski definition) is 2. The molecule has 0 aliphatic heterocycles. The van der Waals surface area contributed by atoms with Gasteiger partial charge in [0.05, 0.1) is 0 Å². The fourth-order valence-electron chi connectivity index (χ4n) is 2.62. The first-order valence-electron chi connectivity index (χ1n) is 7.70. The average molecular weight is 307 g/mol. The molecule has 1 saturated carbocycles. The fourth-order valence-corrected chi connectivity index (χ4v) is 2.62. The highest BCUT2D eigenvalue weighted by atomic mass is 19.1. The van der Waals surface area contributed by atoms with E-state index in [1.165, 1.54) is 12.1 Å². The molecule has 0 bridgehead atoms. The highest BCUT2D eigenvalue weighted by molar-refractivity contribution is 5.83. The zero-order chi connectivity index (χ0) is 16.1. The first kappa shape index (κ1) is 16.5. The van der Waals surface area contributed by atoms with Gasteiger partial charge in [-0.3, -0.25) is 4.79 Å². The van der Waals surface area contributed by atoms with Crippen LogP contribution in [0.25, 0.3) is 0 Å². The van der Waals surface area contributed by atoms with Gasteiger partial charge in [-0.05, 0) is 42.4 Å². The first-order chi connectivity index (χ1) is 10.4. The van der Waals surface area contributed by atoms with Crippen molar-refractivity contribution in [2.75, 3.05) is 0 Å². The van der Waals surface area contributed by atoms with Crippen LogP contribution in [-0.4, -0.2) is 23.0 Å². The minimum Gasteiger partial charge on any atom is -0.480 e. The maximum Gasteiger partial charge on any atom is 0.326 e. The van der Waals surface area contributed by atoms with Gasteiger partial charge in [0.1, 0.15) is 11.9 Å². The minimum absolute atomic E-state index is 0.0252. The third kappa shape index (κ3) is 5.47. The Bertz CT molecular complexity index is 542. The lowest BCUT2D eigenvalue weighted by Crippen LogP contribution is -2.41. The molecule has 2 unspecified atom stereocenters. The van der Waals surface area contributed by atoms with E-state index in [1.807, 2.05) is 13.0 Å². The molecule has 2 rings (SSSR count). The van der Waals surface area contributed by atoms with E-state index in [0.717, 1.165) is 18.4 Å². The summed E-state index contributed by atoms with van der Waals surface area (Å²) >= 11 is 0. The number of hydrogen-bond acceptors (Lipinski definition) is 2. The van der Waals surface area contributed by atoms with Crippen LogP contribution in [-0.2, 0) is 16.0 Å². The number of halogens is 1. The van der Waals surface area contributed by atoms with E-state index in [0.29, 0.717) is 18.8 Å². The maximum absolute atomic E-state index is 13.1. The number of benzene rings is 1. The van der Waals surface area contributed by atoms with Crippen molar-refractivity contribution >= 4 is 11.9 Å². The number of carbonyl (C=O) groups excluding carboxylic acids is 1. The molecule has 2 atom stereocenters. The lowest BCUT2D eigenvalue weighted by molar-refractivity contribution is -0.142. The summed E-state index contributed by atoms with van der Waals surface area (Å²) in [5.41, 5.74) is 0.841. The van der Waals surface area contributed by atoms with Gasteiger partial charge >= 0.3 is 5.97 Å². The Hall–Kier alpha value is -1.91. The number of carboxylic acid groups (broad SMARTS) is 1. The molecule has 0 saturated heterocycles. The molecule has 0 radical (unpaired) electrons. The van der Waals surface area contributed by atoms with Gasteiger partial charge in [-0.15, -0.1) is 0 Å². The number of carbonyl (C=O) groups is 2. The largest absolute Gasteiger partial charge is 0.480 e. The van der Waals surface area contributed by atoms with Gasteiger partial charge in [-0.25, -0.2) is 9.18 Å². The number of carboxylic acids is 1. The molecule has 22 heavy (non-hydrogen) atoms. The molecule has 0 spiro atoms. The van der Waals surface area contributed by atoms with E-state index < -0.39 is 12.0 Å². The Morgan fingerprint density at radius 2 is 2.14 bits per heavy atom. The van der Waals surface area contributed by atoms with E-state index in [1.54, 1.807) is 6.07 Å². The molecule has 1 aliphatic carbocycles. The molecule has 0 aromatic heterocycles. The van der Waals surface area contributed by atoms with Crippen LogP contribution in [0.3, 0.4) is 0 Å². The predicted octanol–water partition coefficient (Wildman–Crippen LogP) is 2.76. The molecular formula is C17H22FNO3. The van der Waals surface area contributed by atoms with Crippen LogP contribution >= 0.6 is 0 Å². The number of nitrogens with one attached hydrogen (secondary N) is 1. The van der Waals surface area contributed by atoms with Crippen molar-refractivity contribution in [2.24, 2.45) is 11.8 Å². The predicted molar refractivity (Wildman–Crippen MR) is 80.8 cm³/mol. The van der Waals surface area contributed by atoms with E-state index >= 15 is 0 Å². The Kier molecular flexibility index (Phi) is 5.52. The molecule has 1 aliphatic rings. The van der Waals surface area contributed by atoms with Crippen molar-refractivity contribution in [1.82, 2.24) is 5.32 Å². The first-order valence-corrected chi connectivity index (χ1v) is 7.70. The van der Waals surface area contributed by atoms with Gasteiger partial charge < -0.3 is 10.4 Å². The zero-order valence-electron chi connectivity index (χ0n) is 12.7. The second-order valence-corrected chi connectivity index (χ2v) is 6.28. The molecule has 120 valence electrons. The molecular weight excluding hydrogens is 285 g/mol. The SMILES string of the molecule is CC(CC(=O)NC(CC1CC1)C(=O)O)Cc1cccc(F)c1. The van der Waals surface area contributed by atoms with Crippen LogP contribution in [0.4, 0.5) is 4.39 Å². The van der Waals surface area contributed by atoms with Crippen LogP contribution in [0.15, 0.2) is 24.3 Å². The van der Waals surface area contributed by atoms with E-state index in [9.17, 15) is 14.0 Å². The van der Waals surface area contributed by atoms with Crippen molar-refractivity contribution in [1.29, 1.82) is 0 Å². The Morgan fingerprint density at radius 1 is 1.41 bits per heavy atom. The van der Waals surface area contributed by atoms with Gasteiger partial charge in [0, 0.05) is 6.42 Å². The zero-order valence-corrected chi connectivity index (χ0v) is 12.7. The molecule has 5 heteroatoms. The topological polar surface area (TPSA) is 66.4 Å². The minimum atomic E-state index is -0.974. The second-order valence-electron chi connectivity index (χ2n) is 6.28. The van der Waals surface area contributed by atoms with Crippen molar-refractivity contribution in [2.45, 2.75) is 45.1 Å². The maximum atomic E-state index is 13.1. The smallest absolute Gasteiger partial charge is 0.326 e. The van der Waals surface area contributed by atoms with Crippen LogP contribution < -0.4 is 5.32 Å². The highest BCUT2D eigenvalue weighted by Crippen LogP contribution is 2.33. The molecule has 1 fully saturated rings. The van der Waals surface area contributed by atoms with E-state index in [2.05, 4.69) is 5.32 Å². The lowest BCUT2D eigenvalue weighted by atomic mass is 9.97. The summed E-state index contributed by atoms with van der Waals surface area (Å²) in [4.78, 5) is 23.1. The van der Waals surface area contributed by atoms with Crippen LogP contribution in [0.5, 0.6) is 0 Å². The van der Waals surface area contributed by atoms with E-state index in [-0.39, 0.29) is 24.1 Å². The number of aliphatic carboxylic acids is 1. The Balaban J connectivity index is 1.80. The standard InChI is InChI=1S/C17H22FNO3/c1-11(7-13-3-2-4-14(18)9-13)8-16(20)19-15(17(21)22)10-12-5-6-12/h2-4,9,11-12,15H,5-8,10H2,1H3,(H,19,20)(H,21,22). The second kappa shape index (κ2) is 7.38.